The summed E-state index contributed by atoms with van der Waals surface area (Å²) in [5.41, 5.74) is 2.31. The summed E-state index contributed by atoms with van der Waals surface area (Å²) >= 11 is 3.38. The first-order valence-corrected chi connectivity index (χ1v) is 9.16. The molecule has 3 rings (SSSR count). The minimum atomic E-state index is -0.319. The Morgan fingerprint density at radius 2 is 1.81 bits per heavy atom. The Morgan fingerprint density at radius 1 is 1.12 bits per heavy atom. The molecule has 2 aromatic carbocycles. The molecule has 0 saturated heterocycles. The fraction of sp³-hybridized carbons (Fsp3) is 0.250. The molecule has 0 radical (unpaired) electrons. The van der Waals surface area contributed by atoms with E-state index in [-0.39, 0.29) is 37.1 Å². The van der Waals surface area contributed by atoms with Gasteiger partial charge in [-0.3, -0.25) is 19.3 Å². The highest BCUT2D eigenvalue weighted by molar-refractivity contribution is 9.10. The minimum Gasteiger partial charge on any atom is -0.341 e. The molecule has 0 atom stereocenters. The van der Waals surface area contributed by atoms with Gasteiger partial charge >= 0.3 is 0 Å². The van der Waals surface area contributed by atoms with Gasteiger partial charge in [-0.1, -0.05) is 46.3 Å². The van der Waals surface area contributed by atoms with Crippen molar-refractivity contribution in [3.05, 3.63) is 69.7 Å². The van der Waals surface area contributed by atoms with Gasteiger partial charge in [0.15, 0.2) is 0 Å². The number of halogens is 1. The normalized spacial score (nSPS) is 13.5. The standard InChI is InChI=1S/C20H19BrN2O3/c1-22(13-14-6-8-16(21)9-7-14)18(24)10-11-23-19(25)12-15-4-2-3-5-17(15)20(23)26/h2-9H,10-13H2,1H3. The number of hydrogen-bond donors (Lipinski definition) is 0. The van der Waals surface area contributed by atoms with Crippen LogP contribution in [0.4, 0.5) is 0 Å². The highest BCUT2D eigenvalue weighted by Gasteiger charge is 2.30. The van der Waals surface area contributed by atoms with E-state index in [2.05, 4.69) is 15.9 Å². The van der Waals surface area contributed by atoms with Crippen LogP contribution in [0.25, 0.3) is 0 Å². The molecule has 26 heavy (non-hydrogen) atoms. The molecule has 1 heterocycles. The first kappa shape index (κ1) is 18.3. The maximum absolute atomic E-state index is 12.5. The second-order valence-electron chi connectivity index (χ2n) is 6.31. The van der Waals surface area contributed by atoms with Gasteiger partial charge in [0.25, 0.3) is 5.91 Å². The van der Waals surface area contributed by atoms with Crippen LogP contribution in [0.5, 0.6) is 0 Å². The number of hydrogen-bond acceptors (Lipinski definition) is 3. The molecule has 0 aliphatic carbocycles. The van der Waals surface area contributed by atoms with Crippen LogP contribution in [0.1, 0.15) is 27.9 Å². The first-order valence-electron chi connectivity index (χ1n) is 8.36. The van der Waals surface area contributed by atoms with Crippen LogP contribution in [-0.4, -0.2) is 41.1 Å². The molecule has 0 fully saturated rings. The summed E-state index contributed by atoms with van der Waals surface area (Å²) in [5, 5.41) is 0. The molecule has 0 aromatic heterocycles. The summed E-state index contributed by atoms with van der Waals surface area (Å²) in [7, 11) is 1.72. The number of imide groups is 1. The maximum atomic E-state index is 12.5. The number of carbonyl (C=O) groups excluding carboxylic acids is 3. The van der Waals surface area contributed by atoms with E-state index >= 15 is 0 Å². The SMILES string of the molecule is CN(Cc1ccc(Br)cc1)C(=O)CCN1C(=O)Cc2ccccc2C1=O. The van der Waals surface area contributed by atoms with Crippen LogP contribution in [0.15, 0.2) is 53.0 Å². The summed E-state index contributed by atoms with van der Waals surface area (Å²) in [6.07, 6.45) is 0.317. The van der Waals surface area contributed by atoms with Gasteiger partial charge < -0.3 is 4.90 Å². The summed E-state index contributed by atoms with van der Waals surface area (Å²) in [6.45, 7) is 0.590. The monoisotopic (exact) mass is 414 g/mol. The molecule has 1 aliphatic rings. The van der Waals surface area contributed by atoms with Crippen LogP contribution in [0.2, 0.25) is 0 Å². The van der Waals surface area contributed by atoms with E-state index in [4.69, 9.17) is 0 Å². The van der Waals surface area contributed by atoms with Gasteiger partial charge in [0.1, 0.15) is 0 Å². The Labute approximate surface area is 160 Å². The summed E-state index contributed by atoms with van der Waals surface area (Å²) in [5.74, 6) is -0.676. The topological polar surface area (TPSA) is 57.7 Å². The van der Waals surface area contributed by atoms with Crippen LogP contribution in [0.3, 0.4) is 0 Å². The van der Waals surface area contributed by atoms with Crippen molar-refractivity contribution in [1.29, 1.82) is 0 Å². The van der Waals surface area contributed by atoms with Crippen molar-refractivity contribution < 1.29 is 14.4 Å². The van der Waals surface area contributed by atoms with Gasteiger partial charge in [0, 0.05) is 36.6 Å². The molecule has 6 heteroatoms. The van der Waals surface area contributed by atoms with E-state index in [1.807, 2.05) is 30.3 Å². The van der Waals surface area contributed by atoms with Gasteiger partial charge in [-0.2, -0.15) is 0 Å². The summed E-state index contributed by atoms with van der Waals surface area (Å²) in [6, 6.07) is 14.9. The zero-order valence-corrected chi connectivity index (χ0v) is 16.0. The predicted octanol–water partition coefficient (Wildman–Crippen LogP) is 3.02. The van der Waals surface area contributed by atoms with Crippen LogP contribution >= 0.6 is 15.9 Å². The molecule has 134 valence electrons. The van der Waals surface area contributed by atoms with Crippen LogP contribution in [0, 0.1) is 0 Å². The lowest BCUT2D eigenvalue weighted by Gasteiger charge is -2.27. The van der Waals surface area contributed by atoms with Gasteiger partial charge in [-0.05, 0) is 29.3 Å². The third-order valence-electron chi connectivity index (χ3n) is 4.44. The minimum absolute atomic E-state index is 0.104. The summed E-state index contributed by atoms with van der Waals surface area (Å²) in [4.78, 5) is 39.9. The van der Waals surface area contributed by atoms with Crippen molar-refractivity contribution in [3.8, 4) is 0 Å². The van der Waals surface area contributed by atoms with Crippen molar-refractivity contribution in [2.75, 3.05) is 13.6 Å². The maximum Gasteiger partial charge on any atom is 0.260 e. The fourth-order valence-corrected chi connectivity index (χ4v) is 3.24. The van der Waals surface area contributed by atoms with E-state index in [0.717, 1.165) is 15.6 Å². The summed E-state index contributed by atoms with van der Waals surface area (Å²) < 4.78 is 0.984. The Bertz CT molecular complexity index is 848. The predicted molar refractivity (Wildman–Crippen MR) is 101 cm³/mol. The van der Waals surface area contributed by atoms with Gasteiger partial charge in [0.05, 0.1) is 6.42 Å². The highest BCUT2D eigenvalue weighted by atomic mass is 79.9. The molecular formula is C20H19BrN2O3. The average molecular weight is 415 g/mol. The van der Waals surface area contributed by atoms with E-state index in [1.165, 1.54) is 4.90 Å². The molecule has 1 aliphatic heterocycles. The Balaban J connectivity index is 1.59. The Hall–Kier alpha value is -2.47. The Morgan fingerprint density at radius 3 is 2.54 bits per heavy atom. The second kappa shape index (κ2) is 7.83. The van der Waals surface area contributed by atoms with Gasteiger partial charge in [-0.15, -0.1) is 0 Å². The number of rotatable bonds is 5. The van der Waals surface area contributed by atoms with Gasteiger partial charge in [0.2, 0.25) is 11.8 Å². The van der Waals surface area contributed by atoms with Crippen molar-refractivity contribution in [2.24, 2.45) is 0 Å². The lowest BCUT2D eigenvalue weighted by Crippen LogP contribution is -2.44. The molecule has 2 aromatic rings. The molecule has 5 nitrogen and oxygen atoms in total. The van der Waals surface area contributed by atoms with Crippen LogP contribution in [-0.2, 0) is 22.6 Å². The lowest BCUT2D eigenvalue weighted by atomic mass is 9.98. The molecule has 0 spiro atoms. The smallest absolute Gasteiger partial charge is 0.260 e. The fourth-order valence-electron chi connectivity index (χ4n) is 2.98. The first-order chi connectivity index (χ1) is 12.5. The van der Waals surface area contributed by atoms with Crippen molar-refractivity contribution in [2.45, 2.75) is 19.4 Å². The molecule has 0 unspecified atom stereocenters. The second-order valence-corrected chi connectivity index (χ2v) is 7.23. The molecule has 0 saturated carbocycles. The van der Waals surface area contributed by atoms with Crippen molar-refractivity contribution >= 4 is 33.7 Å². The number of amides is 3. The third-order valence-corrected chi connectivity index (χ3v) is 4.97. The lowest BCUT2D eigenvalue weighted by molar-refractivity contribution is -0.132. The van der Waals surface area contributed by atoms with E-state index in [0.29, 0.717) is 12.1 Å². The van der Waals surface area contributed by atoms with Gasteiger partial charge in [-0.25, -0.2) is 0 Å². The average Bonchev–Trinajstić information content (AvgIpc) is 2.63. The van der Waals surface area contributed by atoms with E-state index < -0.39 is 0 Å². The number of nitrogens with zero attached hydrogens (tertiary/aromatic N) is 2. The van der Waals surface area contributed by atoms with Crippen LogP contribution < -0.4 is 0 Å². The van der Waals surface area contributed by atoms with E-state index in [9.17, 15) is 14.4 Å². The third kappa shape index (κ3) is 4.02. The number of benzene rings is 2. The van der Waals surface area contributed by atoms with Crippen molar-refractivity contribution in [3.63, 3.8) is 0 Å². The Kier molecular flexibility index (Phi) is 5.52. The quantitative estimate of drug-likeness (QED) is 0.706. The number of carbonyl (C=O) groups is 3. The largest absolute Gasteiger partial charge is 0.341 e. The molecule has 0 bridgehead atoms. The number of fused-ring (bicyclic) bond motifs is 1. The highest BCUT2D eigenvalue weighted by Crippen LogP contribution is 2.20. The molecule has 3 amide bonds. The zero-order chi connectivity index (χ0) is 18.7. The zero-order valence-electron chi connectivity index (χ0n) is 14.4. The molecule has 0 N–H and O–H groups in total. The van der Waals surface area contributed by atoms with Crippen molar-refractivity contribution in [1.82, 2.24) is 9.80 Å². The van der Waals surface area contributed by atoms with E-state index in [1.54, 1.807) is 30.1 Å². The molecular weight excluding hydrogens is 396 g/mol.